The van der Waals surface area contributed by atoms with Crippen LogP contribution in [0.3, 0.4) is 0 Å². The predicted molar refractivity (Wildman–Crippen MR) is 107 cm³/mol. The zero-order valence-corrected chi connectivity index (χ0v) is 15.6. The lowest BCUT2D eigenvalue weighted by Crippen LogP contribution is -2.33. The molecule has 0 saturated carbocycles. The van der Waals surface area contributed by atoms with Crippen molar-refractivity contribution >= 4 is 46.6 Å². The molecule has 26 heavy (non-hydrogen) atoms. The highest BCUT2D eigenvalue weighted by atomic mass is 35.5. The molecule has 1 heterocycles. The summed E-state index contributed by atoms with van der Waals surface area (Å²) in [6.07, 6.45) is 0.168. The average molecular weight is 391 g/mol. The molecular weight excluding hydrogens is 372 g/mol. The second-order valence-corrected chi connectivity index (χ2v) is 7.65. The number of benzene rings is 2. The fourth-order valence-electron chi connectivity index (χ4n) is 2.83. The number of carboxylic acids is 1. The van der Waals surface area contributed by atoms with Gasteiger partial charge in [-0.05, 0) is 35.9 Å². The number of carbonyl (C=O) groups is 2. The van der Waals surface area contributed by atoms with Gasteiger partial charge in [-0.3, -0.25) is 4.79 Å². The molecule has 0 spiro atoms. The van der Waals surface area contributed by atoms with Crippen LogP contribution in [0.1, 0.15) is 15.9 Å². The molecule has 0 aliphatic carbocycles. The fourth-order valence-corrected chi connectivity index (χ4v) is 3.91. The first-order valence-electron chi connectivity index (χ1n) is 8.27. The van der Waals surface area contributed by atoms with Gasteiger partial charge < -0.3 is 15.3 Å². The van der Waals surface area contributed by atoms with Gasteiger partial charge in [0.05, 0.1) is 23.4 Å². The molecule has 7 heteroatoms. The molecule has 1 aliphatic heterocycles. The quantitative estimate of drug-likeness (QED) is 0.813. The molecule has 1 fully saturated rings. The third-order valence-corrected chi connectivity index (χ3v) is 5.33. The zero-order valence-electron chi connectivity index (χ0n) is 14.1. The summed E-state index contributed by atoms with van der Waals surface area (Å²) in [5.41, 5.74) is 2.64. The molecule has 136 valence electrons. The second kappa shape index (κ2) is 8.47. The average Bonchev–Trinajstić information content (AvgIpc) is 2.63. The normalized spacial score (nSPS) is 14.1. The van der Waals surface area contributed by atoms with E-state index in [1.165, 1.54) is 12.1 Å². The third-order valence-electron chi connectivity index (χ3n) is 4.15. The SMILES string of the molecule is O=C(Cc1ccc(C(=O)O)cc1)Nc1cc(Cl)ccc1N1CCSCC1. The Morgan fingerprint density at radius 3 is 2.46 bits per heavy atom. The van der Waals surface area contributed by atoms with Crippen LogP contribution < -0.4 is 10.2 Å². The Hall–Kier alpha value is -2.18. The first kappa shape index (κ1) is 18.6. The van der Waals surface area contributed by atoms with Gasteiger partial charge in [-0.2, -0.15) is 11.8 Å². The molecule has 0 aromatic heterocycles. The van der Waals surface area contributed by atoms with E-state index in [0.29, 0.717) is 10.7 Å². The summed E-state index contributed by atoms with van der Waals surface area (Å²) in [6.45, 7) is 1.87. The highest BCUT2D eigenvalue weighted by molar-refractivity contribution is 7.99. The molecule has 0 radical (unpaired) electrons. The van der Waals surface area contributed by atoms with Gasteiger partial charge in [-0.15, -0.1) is 0 Å². The number of rotatable bonds is 5. The number of thioether (sulfide) groups is 1. The second-order valence-electron chi connectivity index (χ2n) is 5.99. The topological polar surface area (TPSA) is 69.6 Å². The molecule has 0 atom stereocenters. The van der Waals surface area contributed by atoms with Gasteiger partial charge in [-0.25, -0.2) is 4.79 Å². The van der Waals surface area contributed by atoms with Gasteiger partial charge in [0, 0.05) is 29.6 Å². The van der Waals surface area contributed by atoms with E-state index in [9.17, 15) is 9.59 Å². The van der Waals surface area contributed by atoms with Crippen LogP contribution in [0.5, 0.6) is 0 Å². The molecule has 3 rings (SSSR count). The van der Waals surface area contributed by atoms with Crippen LogP contribution in [0.4, 0.5) is 11.4 Å². The number of anilines is 2. The number of nitrogens with one attached hydrogen (secondary N) is 1. The standard InChI is InChI=1S/C19H19ClN2O3S/c20-15-5-6-17(22-7-9-26-10-8-22)16(12-15)21-18(23)11-13-1-3-14(4-2-13)19(24)25/h1-6,12H,7-11H2,(H,21,23)(H,24,25). The van der Waals surface area contributed by atoms with Gasteiger partial charge >= 0.3 is 5.97 Å². The number of carbonyl (C=O) groups excluding carboxylic acids is 1. The number of halogens is 1. The smallest absolute Gasteiger partial charge is 0.335 e. The Morgan fingerprint density at radius 1 is 1.12 bits per heavy atom. The summed E-state index contributed by atoms with van der Waals surface area (Å²) >= 11 is 8.04. The molecule has 2 aromatic carbocycles. The van der Waals surface area contributed by atoms with Crippen LogP contribution in [-0.4, -0.2) is 41.6 Å². The van der Waals surface area contributed by atoms with E-state index in [1.54, 1.807) is 18.2 Å². The number of nitrogens with zero attached hydrogens (tertiary/aromatic N) is 1. The summed E-state index contributed by atoms with van der Waals surface area (Å²) in [4.78, 5) is 25.6. The van der Waals surface area contributed by atoms with Crippen molar-refractivity contribution < 1.29 is 14.7 Å². The molecule has 5 nitrogen and oxygen atoms in total. The van der Waals surface area contributed by atoms with E-state index in [-0.39, 0.29) is 17.9 Å². The van der Waals surface area contributed by atoms with Gasteiger partial charge in [0.25, 0.3) is 0 Å². The monoisotopic (exact) mass is 390 g/mol. The van der Waals surface area contributed by atoms with E-state index >= 15 is 0 Å². The highest BCUT2D eigenvalue weighted by Crippen LogP contribution is 2.31. The molecule has 0 unspecified atom stereocenters. The van der Waals surface area contributed by atoms with Crippen molar-refractivity contribution in [2.45, 2.75) is 6.42 Å². The first-order chi connectivity index (χ1) is 12.5. The van der Waals surface area contributed by atoms with Crippen LogP contribution in [-0.2, 0) is 11.2 Å². The Morgan fingerprint density at radius 2 is 1.81 bits per heavy atom. The van der Waals surface area contributed by atoms with Gasteiger partial charge in [0.2, 0.25) is 5.91 Å². The largest absolute Gasteiger partial charge is 0.478 e. The molecular formula is C19H19ClN2O3S. The predicted octanol–water partition coefficient (Wildman–Crippen LogP) is 3.77. The van der Waals surface area contributed by atoms with Crippen molar-refractivity contribution in [3.05, 3.63) is 58.6 Å². The van der Waals surface area contributed by atoms with Crippen molar-refractivity contribution in [2.24, 2.45) is 0 Å². The number of aromatic carboxylic acids is 1. The lowest BCUT2D eigenvalue weighted by molar-refractivity contribution is -0.115. The minimum Gasteiger partial charge on any atom is -0.478 e. The van der Waals surface area contributed by atoms with Crippen molar-refractivity contribution in [3.8, 4) is 0 Å². The molecule has 2 N–H and O–H groups in total. The molecule has 0 bridgehead atoms. The number of amides is 1. The van der Waals surface area contributed by atoms with Crippen LogP contribution in [0, 0.1) is 0 Å². The first-order valence-corrected chi connectivity index (χ1v) is 9.80. The molecule has 2 aromatic rings. The van der Waals surface area contributed by atoms with Crippen molar-refractivity contribution in [3.63, 3.8) is 0 Å². The maximum atomic E-state index is 12.5. The molecule has 1 aliphatic rings. The van der Waals surface area contributed by atoms with Crippen LogP contribution in [0.25, 0.3) is 0 Å². The Bertz CT molecular complexity index is 805. The number of hydrogen-bond acceptors (Lipinski definition) is 4. The summed E-state index contributed by atoms with van der Waals surface area (Å²) in [6, 6.07) is 11.9. The minimum absolute atomic E-state index is 0.164. The summed E-state index contributed by atoms with van der Waals surface area (Å²) in [7, 11) is 0. The van der Waals surface area contributed by atoms with Crippen molar-refractivity contribution in [1.29, 1.82) is 0 Å². The Labute approximate surface area is 161 Å². The van der Waals surface area contributed by atoms with E-state index in [2.05, 4.69) is 10.2 Å². The summed E-state index contributed by atoms with van der Waals surface area (Å²) < 4.78 is 0. The van der Waals surface area contributed by atoms with Gasteiger partial charge in [0.15, 0.2) is 0 Å². The van der Waals surface area contributed by atoms with Gasteiger partial charge in [-0.1, -0.05) is 23.7 Å². The van der Waals surface area contributed by atoms with Crippen LogP contribution in [0.15, 0.2) is 42.5 Å². The molecule has 1 amide bonds. The summed E-state index contributed by atoms with van der Waals surface area (Å²) in [5.74, 6) is 0.977. The maximum Gasteiger partial charge on any atom is 0.335 e. The number of hydrogen-bond donors (Lipinski definition) is 2. The summed E-state index contributed by atoms with van der Waals surface area (Å²) in [5, 5.41) is 12.5. The Kier molecular flexibility index (Phi) is 6.06. The zero-order chi connectivity index (χ0) is 18.5. The van der Waals surface area contributed by atoms with Crippen molar-refractivity contribution in [2.75, 3.05) is 34.8 Å². The van der Waals surface area contributed by atoms with Gasteiger partial charge in [0.1, 0.15) is 0 Å². The highest BCUT2D eigenvalue weighted by Gasteiger charge is 2.16. The van der Waals surface area contributed by atoms with Crippen LogP contribution >= 0.6 is 23.4 Å². The van der Waals surface area contributed by atoms with E-state index in [0.717, 1.165) is 35.8 Å². The van der Waals surface area contributed by atoms with E-state index in [4.69, 9.17) is 16.7 Å². The van der Waals surface area contributed by atoms with E-state index in [1.807, 2.05) is 23.9 Å². The number of carboxylic acid groups (broad SMARTS) is 1. The molecule has 1 saturated heterocycles. The lowest BCUT2D eigenvalue weighted by atomic mass is 10.1. The third kappa shape index (κ3) is 4.71. The van der Waals surface area contributed by atoms with E-state index < -0.39 is 5.97 Å². The maximum absolute atomic E-state index is 12.5. The van der Waals surface area contributed by atoms with Crippen molar-refractivity contribution in [1.82, 2.24) is 0 Å². The fraction of sp³-hybridized carbons (Fsp3) is 0.263. The Balaban J connectivity index is 1.72. The van der Waals surface area contributed by atoms with Crippen LogP contribution in [0.2, 0.25) is 5.02 Å². The minimum atomic E-state index is -0.982. The lowest BCUT2D eigenvalue weighted by Gasteiger charge is -2.30.